The molecule has 2 aliphatic carbocycles. The van der Waals surface area contributed by atoms with E-state index < -0.39 is 0 Å². The van der Waals surface area contributed by atoms with Gasteiger partial charge in [0.1, 0.15) is 13.2 Å². The van der Waals surface area contributed by atoms with Crippen molar-refractivity contribution in [1.29, 1.82) is 0 Å². The van der Waals surface area contributed by atoms with Crippen LogP contribution in [0.25, 0.3) is 0 Å². The van der Waals surface area contributed by atoms with Crippen LogP contribution in [0, 0.1) is 5.92 Å². The molecule has 4 rings (SSSR count). The first-order valence-corrected chi connectivity index (χ1v) is 9.69. The van der Waals surface area contributed by atoms with Gasteiger partial charge in [-0.05, 0) is 49.3 Å². The number of hydrogen-bond acceptors (Lipinski definition) is 3. The minimum absolute atomic E-state index is 0. The molecule has 144 valence electrons. The predicted octanol–water partition coefficient (Wildman–Crippen LogP) is 3.59. The number of guanidine groups is 1. The highest BCUT2D eigenvalue weighted by Crippen LogP contribution is 2.44. The summed E-state index contributed by atoms with van der Waals surface area (Å²) in [6, 6.07) is 6.39. The van der Waals surface area contributed by atoms with Crippen molar-refractivity contribution in [3.05, 3.63) is 23.8 Å². The Morgan fingerprint density at radius 3 is 2.54 bits per heavy atom. The van der Waals surface area contributed by atoms with Gasteiger partial charge < -0.3 is 20.5 Å². The van der Waals surface area contributed by atoms with Crippen molar-refractivity contribution in [2.24, 2.45) is 16.6 Å². The molecule has 0 saturated heterocycles. The Kier molecular flexibility index (Phi) is 6.53. The van der Waals surface area contributed by atoms with E-state index in [4.69, 9.17) is 20.2 Å². The number of ether oxygens (including phenoxy) is 2. The molecule has 1 aromatic rings. The zero-order valence-corrected chi connectivity index (χ0v) is 17.7. The number of benzene rings is 1. The lowest BCUT2D eigenvalue weighted by molar-refractivity contribution is 0.171. The van der Waals surface area contributed by atoms with Gasteiger partial charge in [0.25, 0.3) is 0 Å². The number of hydrogen-bond donors (Lipinski definition) is 2. The molecule has 3 aliphatic rings. The molecular formula is C20H30IN3O2. The van der Waals surface area contributed by atoms with Crippen molar-refractivity contribution in [2.75, 3.05) is 26.3 Å². The number of rotatable bonds is 5. The highest BCUT2D eigenvalue weighted by molar-refractivity contribution is 14.0. The quantitative estimate of drug-likeness (QED) is 0.391. The highest BCUT2D eigenvalue weighted by atomic mass is 127. The molecular weight excluding hydrogens is 441 g/mol. The molecule has 0 bridgehead atoms. The van der Waals surface area contributed by atoms with E-state index in [0.29, 0.717) is 19.2 Å². The van der Waals surface area contributed by atoms with Crippen molar-refractivity contribution in [2.45, 2.75) is 50.4 Å². The van der Waals surface area contributed by atoms with Crippen molar-refractivity contribution in [3.63, 3.8) is 0 Å². The van der Waals surface area contributed by atoms with Crippen LogP contribution in [0.4, 0.5) is 0 Å². The number of nitrogens with zero attached hydrogens (tertiary/aromatic N) is 1. The van der Waals surface area contributed by atoms with Gasteiger partial charge in [-0.2, -0.15) is 0 Å². The van der Waals surface area contributed by atoms with Crippen LogP contribution in [0.1, 0.15) is 50.5 Å². The smallest absolute Gasteiger partial charge is 0.188 e. The Bertz CT molecular complexity index is 640. The van der Waals surface area contributed by atoms with Gasteiger partial charge >= 0.3 is 0 Å². The summed E-state index contributed by atoms with van der Waals surface area (Å²) < 4.78 is 11.4. The number of fused-ring (bicyclic) bond motifs is 1. The Hall–Kier alpha value is -1.18. The second-order valence-electron chi connectivity index (χ2n) is 7.73. The average Bonchev–Trinajstić information content (AvgIpc) is 3.08. The van der Waals surface area contributed by atoms with Crippen molar-refractivity contribution in [3.8, 4) is 11.5 Å². The van der Waals surface area contributed by atoms with Crippen molar-refractivity contribution in [1.82, 2.24) is 5.32 Å². The number of aliphatic imine (C=N–C) groups is 1. The minimum Gasteiger partial charge on any atom is -0.486 e. The maximum absolute atomic E-state index is 6.12. The Morgan fingerprint density at radius 2 is 1.85 bits per heavy atom. The SMILES string of the molecule is I.NC(=NCC1(c2ccc3c(c2)OCCO3)CCCC1)NCC1CCC1. The number of halogens is 1. The summed E-state index contributed by atoms with van der Waals surface area (Å²) in [5.74, 6) is 3.10. The highest BCUT2D eigenvalue weighted by Gasteiger charge is 2.36. The predicted molar refractivity (Wildman–Crippen MR) is 115 cm³/mol. The molecule has 0 atom stereocenters. The average molecular weight is 471 g/mol. The van der Waals surface area contributed by atoms with Gasteiger partial charge in [-0.25, -0.2) is 0 Å². The van der Waals surface area contributed by atoms with Crippen LogP contribution in [0.3, 0.4) is 0 Å². The monoisotopic (exact) mass is 471 g/mol. The molecule has 3 N–H and O–H groups in total. The van der Waals surface area contributed by atoms with E-state index >= 15 is 0 Å². The molecule has 5 nitrogen and oxygen atoms in total. The van der Waals surface area contributed by atoms with E-state index in [1.165, 1.54) is 37.7 Å². The molecule has 0 radical (unpaired) electrons. The molecule has 2 fully saturated rings. The number of nitrogens with two attached hydrogens (primary N) is 1. The van der Waals surface area contributed by atoms with E-state index in [2.05, 4.69) is 17.4 Å². The maximum atomic E-state index is 6.12. The van der Waals surface area contributed by atoms with Gasteiger partial charge in [-0.15, -0.1) is 24.0 Å². The third-order valence-corrected chi connectivity index (χ3v) is 6.06. The molecule has 26 heavy (non-hydrogen) atoms. The van der Waals surface area contributed by atoms with Gasteiger partial charge in [0, 0.05) is 12.0 Å². The second-order valence-corrected chi connectivity index (χ2v) is 7.73. The second kappa shape index (κ2) is 8.67. The van der Waals surface area contributed by atoms with Crippen LogP contribution in [0.5, 0.6) is 11.5 Å². The fourth-order valence-electron chi connectivity index (χ4n) is 4.20. The largest absolute Gasteiger partial charge is 0.486 e. The fraction of sp³-hybridized carbons (Fsp3) is 0.650. The minimum atomic E-state index is 0. The zero-order valence-electron chi connectivity index (χ0n) is 15.3. The standard InChI is InChI=1S/C20H29N3O2.HI/c21-19(22-13-15-4-3-5-15)23-14-20(8-1-2-9-20)16-6-7-17-18(12-16)25-11-10-24-17;/h6-7,12,15H,1-5,8-11,13-14H2,(H3,21,22,23);1H. The summed E-state index contributed by atoms with van der Waals surface area (Å²) in [5, 5.41) is 3.31. The lowest BCUT2D eigenvalue weighted by Gasteiger charge is -2.30. The van der Waals surface area contributed by atoms with Crippen LogP contribution in [-0.2, 0) is 5.41 Å². The molecule has 0 amide bonds. The third-order valence-electron chi connectivity index (χ3n) is 6.06. The Balaban J connectivity index is 0.00000196. The molecule has 1 aromatic carbocycles. The molecule has 0 unspecified atom stereocenters. The fourth-order valence-corrected chi connectivity index (χ4v) is 4.20. The van der Waals surface area contributed by atoms with Gasteiger partial charge in [0.05, 0.1) is 6.54 Å². The molecule has 0 aromatic heterocycles. The summed E-state index contributed by atoms with van der Waals surface area (Å²) in [7, 11) is 0. The number of nitrogens with one attached hydrogen (secondary N) is 1. The van der Waals surface area contributed by atoms with Crippen LogP contribution < -0.4 is 20.5 Å². The lowest BCUT2D eigenvalue weighted by atomic mass is 9.79. The third kappa shape index (κ3) is 4.21. The van der Waals surface area contributed by atoms with E-state index in [1.54, 1.807) is 0 Å². The molecule has 1 heterocycles. The first-order chi connectivity index (χ1) is 12.3. The Morgan fingerprint density at radius 1 is 1.12 bits per heavy atom. The summed E-state index contributed by atoms with van der Waals surface area (Å²) >= 11 is 0. The van der Waals surface area contributed by atoms with E-state index in [9.17, 15) is 0 Å². The molecule has 0 spiro atoms. The molecule has 2 saturated carbocycles. The van der Waals surface area contributed by atoms with Gasteiger partial charge in [-0.3, -0.25) is 4.99 Å². The van der Waals surface area contributed by atoms with Gasteiger partial charge in [0.2, 0.25) is 0 Å². The summed E-state index contributed by atoms with van der Waals surface area (Å²) in [4.78, 5) is 4.71. The summed E-state index contributed by atoms with van der Waals surface area (Å²) in [5.41, 5.74) is 7.51. The van der Waals surface area contributed by atoms with Crippen LogP contribution in [0.15, 0.2) is 23.2 Å². The van der Waals surface area contributed by atoms with Gasteiger partial charge in [0.15, 0.2) is 17.5 Å². The van der Waals surface area contributed by atoms with E-state index in [1.807, 2.05) is 6.07 Å². The maximum Gasteiger partial charge on any atom is 0.188 e. The van der Waals surface area contributed by atoms with Crippen LogP contribution in [0.2, 0.25) is 0 Å². The first-order valence-electron chi connectivity index (χ1n) is 9.69. The topological polar surface area (TPSA) is 68.9 Å². The van der Waals surface area contributed by atoms with E-state index in [-0.39, 0.29) is 29.4 Å². The zero-order chi connectivity index (χ0) is 17.1. The van der Waals surface area contributed by atoms with Crippen molar-refractivity contribution >= 4 is 29.9 Å². The molecule has 1 aliphatic heterocycles. The van der Waals surface area contributed by atoms with Crippen LogP contribution in [-0.4, -0.2) is 32.3 Å². The summed E-state index contributed by atoms with van der Waals surface area (Å²) in [6.07, 6.45) is 8.82. The van der Waals surface area contributed by atoms with Crippen molar-refractivity contribution < 1.29 is 9.47 Å². The molecule has 6 heteroatoms. The summed E-state index contributed by atoms with van der Waals surface area (Å²) in [6.45, 7) is 2.97. The lowest BCUT2D eigenvalue weighted by Crippen LogP contribution is -2.38. The van der Waals surface area contributed by atoms with Crippen LogP contribution >= 0.6 is 24.0 Å². The first kappa shape index (κ1) is 19.6. The van der Waals surface area contributed by atoms with E-state index in [0.717, 1.165) is 43.3 Å². The Labute approximate surface area is 173 Å². The normalized spacial score (nSPS) is 21.6. The van der Waals surface area contributed by atoms with Gasteiger partial charge in [-0.1, -0.05) is 25.3 Å².